The molecule has 102 valence electrons. The van der Waals surface area contributed by atoms with Crippen molar-refractivity contribution in [1.29, 1.82) is 0 Å². The molecule has 0 bridgehead atoms. The summed E-state index contributed by atoms with van der Waals surface area (Å²) in [6, 6.07) is 0. The molecular formula is C14H30N2O. The Hall–Kier alpha value is -0.570. The summed E-state index contributed by atoms with van der Waals surface area (Å²) in [6.45, 7) is 10.7. The minimum absolute atomic E-state index is 0.218. The zero-order valence-electron chi connectivity index (χ0n) is 12.0. The molecule has 0 saturated carbocycles. The Morgan fingerprint density at radius 3 is 2.06 bits per heavy atom. The Labute approximate surface area is 107 Å². The molecule has 0 aromatic carbocycles. The molecule has 0 saturated heterocycles. The van der Waals surface area contributed by atoms with Gasteiger partial charge in [-0.05, 0) is 32.2 Å². The van der Waals surface area contributed by atoms with E-state index in [4.69, 9.17) is 5.73 Å². The van der Waals surface area contributed by atoms with Crippen LogP contribution >= 0.6 is 0 Å². The molecule has 3 nitrogen and oxygen atoms in total. The molecule has 0 spiro atoms. The molecule has 0 heterocycles. The van der Waals surface area contributed by atoms with Crippen LogP contribution in [0.15, 0.2) is 0 Å². The monoisotopic (exact) mass is 242 g/mol. The minimum Gasteiger partial charge on any atom is -0.342 e. The molecule has 0 aromatic heterocycles. The largest absolute Gasteiger partial charge is 0.342 e. The van der Waals surface area contributed by atoms with Gasteiger partial charge in [0.2, 0.25) is 5.91 Å². The minimum atomic E-state index is 0.218. The second-order valence-electron chi connectivity index (χ2n) is 4.99. The summed E-state index contributed by atoms with van der Waals surface area (Å²) in [7, 11) is 0. The highest BCUT2D eigenvalue weighted by Crippen LogP contribution is 2.17. The predicted octanol–water partition coefficient (Wildman–Crippen LogP) is 2.65. The summed E-state index contributed by atoms with van der Waals surface area (Å²) in [5, 5.41) is 0. The third-order valence-electron chi connectivity index (χ3n) is 3.25. The second kappa shape index (κ2) is 9.46. The number of nitrogens with two attached hydrogens (primary N) is 1. The highest BCUT2D eigenvalue weighted by atomic mass is 16.2. The van der Waals surface area contributed by atoms with Crippen molar-refractivity contribution in [2.75, 3.05) is 19.6 Å². The number of hydrogen-bond donors (Lipinski definition) is 1. The van der Waals surface area contributed by atoms with Crippen LogP contribution in [0.1, 0.15) is 53.4 Å². The molecule has 0 radical (unpaired) electrons. The summed E-state index contributed by atoms with van der Waals surface area (Å²) >= 11 is 0. The number of hydrogen-bond acceptors (Lipinski definition) is 2. The number of rotatable bonds is 9. The van der Waals surface area contributed by atoms with Gasteiger partial charge < -0.3 is 10.6 Å². The van der Waals surface area contributed by atoms with Crippen LogP contribution in [0.3, 0.4) is 0 Å². The summed E-state index contributed by atoms with van der Waals surface area (Å²) in [6.07, 6.45) is 4.20. The fourth-order valence-electron chi connectivity index (χ4n) is 2.17. The van der Waals surface area contributed by atoms with E-state index in [2.05, 4.69) is 27.7 Å². The van der Waals surface area contributed by atoms with Gasteiger partial charge in [-0.25, -0.2) is 0 Å². The van der Waals surface area contributed by atoms with Crippen molar-refractivity contribution < 1.29 is 4.79 Å². The first kappa shape index (κ1) is 16.4. The summed E-state index contributed by atoms with van der Waals surface area (Å²) < 4.78 is 0. The lowest BCUT2D eigenvalue weighted by Gasteiger charge is -2.28. The lowest BCUT2D eigenvalue weighted by molar-refractivity contribution is -0.136. The first-order valence-electron chi connectivity index (χ1n) is 7.09. The van der Waals surface area contributed by atoms with Crippen molar-refractivity contribution in [2.24, 2.45) is 17.6 Å². The van der Waals surface area contributed by atoms with Gasteiger partial charge in [-0.3, -0.25) is 4.79 Å². The quantitative estimate of drug-likeness (QED) is 0.675. The molecule has 1 unspecified atom stereocenters. The molecule has 0 rings (SSSR count). The normalized spacial score (nSPS) is 12.8. The van der Waals surface area contributed by atoms with E-state index in [1.807, 2.05) is 4.90 Å². The van der Waals surface area contributed by atoms with E-state index in [-0.39, 0.29) is 5.92 Å². The Morgan fingerprint density at radius 2 is 1.71 bits per heavy atom. The fraction of sp³-hybridized carbons (Fsp3) is 0.929. The van der Waals surface area contributed by atoms with Crippen LogP contribution in [0.2, 0.25) is 0 Å². The van der Waals surface area contributed by atoms with Crippen molar-refractivity contribution >= 4 is 5.91 Å². The molecule has 1 atom stereocenters. The average molecular weight is 242 g/mol. The standard InChI is InChI=1S/C14H30N2O/c1-5-8-13(9-6-2)14(17)16(7-3)11-12(4)10-15/h12-13H,5-11,15H2,1-4H3. The zero-order chi connectivity index (χ0) is 13.3. The van der Waals surface area contributed by atoms with Crippen LogP contribution < -0.4 is 5.73 Å². The molecule has 1 amide bonds. The first-order valence-corrected chi connectivity index (χ1v) is 7.09. The number of carbonyl (C=O) groups excluding carboxylic acids is 1. The third-order valence-corrected chi connectivity index (χ3v) is 3.25. The molecule has 2 N–H and O–H groups in total. The zero-order valence-corrected chi connectivity index (χ0v) is 12.0. The lowest BCUT2D eigenvalue weighted by Crippen LogP contribution is -2.40. The van der Waals surface area contributed by atoms with Gasteiger partial charge in [0, 0.05) is 19.0 Å². The van der Waals surface area contributed by atoms with Crippen LogP contribution in [0.4, 0.5) is 0 Å². The fourth-order valence-corrected chi connectivity index (χ4v) is 2.17. The summed E-state index contributed by atoms with van der Waals surface area (Å²) in [4.78, 5) is 14.4. The van der Waals surface area contributed by atoms with Gasteiger partial charge in [-0.15, -0.1) is 0 Å². The molecule has 0 aliphatic carbocycles. The number of nitrogens with zero attached hydrogens (tertiary/aromatic N) is 1. The van der Waals surface area contributed by atoms with Crippen LogP contribution in [-0.4, -0.2) is 30.4 Å². The van der Waals surface area contributed by atoms with Crippen LogP contribution in [0.5, 0.6) is 0 Å². The van der Waals surface area contributed by atoms with Crippen molar-refractivity contribution in [3.05, 3.63) is 0 Å². The smallest absolute Gasteiger partial charge is 0.225 e. The van der Waals surface area contributed by atoms with Gasteiger partial charge >= 0.3 is 0 Å². The van der Waals surface area contributed by atoms with Crippen LogP contribution in [0.25, 0.3) is 0 Å². The van der Waals surface area contributed by atoms with Gasteiger partial charge in [0.1, 0.15) is 0 Å². The van der Waals surface area contributed by atoms with E-state index in [1.165, 1.54) is 0 Å². The maximum absolute atomic E-state index is 12.4. The number of amides is 1. The Balaban J connectivity index is 4.45. The first-order chi connectivity index (χ1) is 8.10. The highest BCUT2D eigenvalue weighted by Gasteiger charge is 2.22. The highest BCUT2D eigenvalue weighted by molar-refractivity contribution is 5.78. The third kappa shape index (κ3) is 6.06. The molecule has 17 heavy (non-hydrogen) atoms. The van der Waals surface area contributed by atoms with Crippen molar-refractivity contribution in [3.63, 3.8) is 0 Å². The molecule has 0 fully saturated rings. The van der Waals surface area contributed by atoms with E-state index < -0.39 is 0 Å². The summed E-state index contributed by atoms with van der Waals surface area (Å²) in [5.41, 5.74) is 5.63. The second-order valence-corrected chi connectivity index (χ2v) is 4.99. The number of carbonyl (C=O) groups is 1. The van der Waals surface area contributed by atoms with Crippen LogP contribution in [-0.2, 0) is 4.79 Å². The van der Waals surface area contributed by atoms with E-state index in [9.17, 15) is 4.79 Å². The van der Waals surface area contributed by atoms with Crippen molar-refractivity contribution in [3.8, 4) is 0 Å². The Morgan fingerprint density at radius 1 is 1.18 bits per heavy atom. The average Bonchev–Trinajstić information content (AvgIpc) is 2.34. The maximum atomic E-state index is 12.4. The van der Waals surface area contributed by atoms with Gasteiger partial charge in [-0.2, -0.15) is 0 Å². The van der Waals surface area contributed by atoms with E-state index in [0.29, 0.717) is 18.4 Å². The SMILES string of the molecule is CCCC(CCC)C(=O)N(CC)CC(C)CN. The molecule has 0 aromatic rings. The van der Waals surface area contributed by atoms with Gasteiger partial charge in [0.25, 0.3) is 0 Å². The van der Waals surface area contributed by atoms with Crippen molar-refractivity contribution in [2.45, 2.75) is 53.4 Å². The molecule has 0 aliphatic rings. The van der Waals surface area contributed by atoms with Gasteiger partial charge in [-0.1, -0.05) is 33.6 Å². The van der Waals surface area contributed by atoms with E-state index >= 15 is 0 Å². The van der Waals surface area contributed by atoms with Crippen LogP contribution in [0, 0.1) is 11.8 Å². The topological polar surface area (TPSA) is 46.3 Å². The van der Waals surface area contributed by atoms with E-state index in [1.54, 1.807) is 0 Å². The molecule has 0 aliphatic heterocycles. The van der Waals surface area contributed by atoms with E-state index in [0.717, 1.165) is 38.8 Å². The predicted molar refractivity (Wildman–Crippen MR) is 73.8 cm³/mol. The molecule has 3 heteroatoms. The van der Waals surface area contributed by atoms with Gasteiger partial charge in [0.15, 0.2) is 0 Å². The van der Waals surface area contributed by atoms with Crippen molar-refractivity contribution in [1.82, 2.24) is 4.90 Å². The summed E-state index contributed by atoms with van der Waals surface area (Å²) in [5.74, 6) is 0.939. The molecular weight excluding hydrogens is 212 g/mol. The Bertz CT molecular complexity index is 200. The maximum Gasteiger partial charge on any atom is 0.225 e. The lowest BCUT2D eigenvalue weighted by atomic mass is 9.96. The van der Waals surface area contributed by atoms with Gasteiger partial charge in [0.05, 0.1) is 0 Å². The Kier molecular flexibility index (Phi) is 9.14.